The lowest BCUT2D eigenvalue weighted by molar-refractivity contribution is -0.112. The highest BCUT2D eigenvalue weighted by molar-refractivity contribution is 6.39. The summed E-state index contributed by atoms with van der Waals surface area (Å²) in [4.78, 5) is 27.2. The summed E-state index contributed by atoms with van der Waals surface area (Å²) in [6.45, 7) is 1.97. The summed E-state index contributed by atoms with van der Waals surface area (Å²) in [6.07, 6.45) is 4.14. The third kappa shape index (κ3) is 3.58. The maximum absolute atomic E-state index is 13.8. The van der Waals surface area contributed by atoms with Crippen molar-refractivity contribution >= 4 is 46.5 Å². The lowest BCUT2D eigenvalue weighted by atomic mass is 9.96. The van der Waals surface area contributed by atoms with E-state index in [1.165, 1.54) is 19.2 Å². The summed E-state index contributed by atoms with van der Waals surface area (Å²) < 4.78 is 4.70. The molecule has 0 bridgehead atoms. The molecule has 1 fully saturated rings. The highest BCUT2D eigenvalue weighted by Gasteiger charge is 2.36. The number of ether oxygens (including phenoxy) is 1. The van der Waals surface area contributed by atoms with Gasteiger partial charge >= 0.3 is 5.97 Å². The molecule has 166 valence electrons. The fourth-order valence-corrected chi connectivity index (χ4v) is 4.69. The first-order chi connectivity index (χ1) is 15.9. The van der Waals surface area contributed by atoms with E-state index in [-0.39, 0.29) is 17.2 Å². The van der Waals surface area contributed by atoms with E-state index in [0.29, 0.717) is 22.2 Å². The molecule has 5 nitrogen and oxygen atoms in total. The summed E-state index contributed by atoms with van der Waals surface area (Å²) in [5, 5.41) is 11.0. The van der Waals surface area contributed by atoms with E-state index in [4.69, 9.17) is 16.3 Å². The standard InChI is InChI=1S/C27H22ClNO4/c1-15-5-3-8-23-25(15)21(14-20-18(16-9-10-16)6-4-7-22(20)28)26(31)29(23)17-11-12-19(24(30)13-17)27(32)33-2/h3-8,11-14,16,30H,9-10H2,1-2H3. The molecular weight excluding hydrogens is 438 g/mol. The number of benzene rings is 3. The first kappa shape index (κ1) is 21.3. The van der Waals surface area contributed by atoms with E-state index in [9.17, 15) is 14.7 Å². The molecule has 0 radical (unpaired) electrons. The minimum Gasteiger partial charge on any atom is -0.507 e. The number of rotatable bonds is 4. The molecule has 33 heavy (non-hydrogen) atoms. The number of hydrogen-bond donors (Lipinski definition) is 1. The number of amides is 1. The zero-order valence-electron chi connectivity index (χ0n) is 18.3. The van der Waals surface area contributed by atoms with Gasteiger partial charge in [0.25, 0.3) is 5.91 Å². The van der Waals surface area contributed by atoms with Crippen LogP contribution in [0.3, 0.4) is 0 Å². The number of fused-ring (bicyclic) bond motifs is 1. The van der Waals surface area contributed by atoms with Crippen LogP contribution in [0.25, 0.3) is 11.6 Å². The van der Waals surface area contributed by atoms with Gasteiger partial charge in [0.05, 0.1) is 24.1 Å². The van der Waals surface area contributed by atoms with Crippen molar-refractivity contribution in [1.82, 2.24) is 0 Å². The van der Waals surface area contributed by atoms with Crippen LogP contribution in [-0.4, -0.2) is 24.1 Å². The summed E-state index contributed by atoms with van der Waals surface area (Å²) >= 11 is 6.58. The number of phenolic OH excluding ortho intramolecular Hbond substituents is 1. The second-order valence-corrected chi connectivity index (χ2v) is 8.78. The van der Waals surface area contributed by atoms with Gasteiger partial charge in [-0.25, -0.2) is 4.79 Å². The van der Waals surface area contributed by atoms with Crippen molar-refractivity contribution in [3.63, 3.8) is 0 Å². The number of phenols is 1. The van der Waals surface area contributed by atoms with Crippen molar-refractivity contribution in [3.8, 4) is 5.75 Å². The van der Waals surface area contributed by atoms with Gasteiger partial charge < -0.3 is 9.84 Å². The largest absolute Gasteiger partial charge is 0.507 e. The maximum atomic E-state index is 13.8. The number of esters is 1. The van der Waals surface area contributed by atoms with Crippen LogP contribution in [-0.2, 0) is 9.53 Å². The quantitative estimate of drug-likeness (QED) is 0.370. The second-order valence-electron chi connectivity index (χ2n) is 8.38. The Morgan fingerprint density at radius 2 is 1.91 bits per heavy atom. The molecule has 2 aliphatic rings. The van der Waals surface area contributed by atoms with Gasteiger partial charge in [0, 0.05) is 16.7 Å². The van der Waals surface area contributed by atoms with Crippen LogP contribution in [0.15, 0.2) is 54.6 Å². The minimum absolute atomic E-state index is 0.0401. The lowest BCUT2D eigenvalue weighted by Gasteiger charge is -2.18. The van der Waals surface area contributed by atoms with Crippen LogP contribution < -0.4 is 4.90 Å². The fourth-order valence-electron chi connectivity index (χ4n) is 4.46. The molecule has 0 saturated heterocycles. The van der Waals surface area contributed by atoms with Gasteiger partial charge in [-0.2, -0.15) is 0 Å². The second kappa shape index (κ2) is 8.09. The van der Waals surface area contributed by atoms with Gasteiger partial charge in [-0.15, -0.1) is 0 Å². The van der Waals surface area contributed by atoms with Gasteiger partial charge in [0.15, 0.2) is 0 Å². The summed E-state index contributed by atoms with van der Waals surface area (Å²) in [5.74, 6) is -0.635. The van der Waals surface area contributed by atoms with Crippen LogP contribution in [0.1, 0.15) is 51.4 Å². The Labute approximate surface area is 196 Å². The van der Waals surface area contributed by atoms with Gasteiger partial charge in [-0.1, -0.05) is 35.9 Å². The van der Waals surface area contributed by atoms with Crippen molar-refractivity contribution in [1.29, 1.82) is 0 Å². The molecule has 3 aromatic carbocycles. The number of hydrogen-bond acceptors (Lipinski definition) is 4. The zero-order chi connectivity index (χ0) is 23.3. The average Bonchev–Trinajstić information content (AvgIpc) is 3.60. The Balaban J connectivity index is 1.66. The number of methoxy groups -OCH3 is 1. The first-order valence-electron chi connectivity index (χ1n) is 10.8. The molecule has 1 aliphatic heterocycles. The molecule has 0 spiro atoms. The highest BCUT2D eigenvalue weighted by atomic mass is 35.5. The van der Waals surface area contributed by atoms with E-state index >= 15 is 0 Å². The molecule has 1 N–H and O–H groups in total. The van der Waals surface area contributed by atoms with Crippen LogP contribution >= 0.6 is 11.6 Å². The summed E-state index contributed by atoms with van der Waals surface area (Å²) in [7, 11) is 1.25. The summed E-state index contributed by atoms with van der Waals surface area (Å²) in [5.41, 5.74) is 5.61. The summed E-state index contributed by atoms with van der Waals surface area (Å²) in [6, 6.07) is 16.1. The molecule has 1 heterocycles. The highest BCUT2D eigenvalue weighted by Crippen LogP contribution is 2.47. The Kier molecular flexibility index (Phi) is 5.22. The minimum atomic E-state index is -0.644. The number of aryl methyl sites for hydroxylation is 1. The maximum Gasteiger partial charge on any atom is 0.341 e. The molecule has 0 atom stereocenters. The Morgan fingerprint density at radius 3 is 2.61 bits per heavy atom. The van der Waals surface area contributed by atoms with Crippen LogP contribution in [0.2, 0.25) is 5.02 Å². The molecular formula is C27H22ClNO4. The molecule has 5 rings (SSSR count). The Morgan fingerprint density at radius 1 is 1.15 bits per heavy atom. The zero-order valence-corrected chi connectivity index (χ0v) is 19.0. The third-order valence-electron chi connectivity index (χ3n) is 6.23. The predicted molar refractivity (Wildman–Crippen MR) is 129 cm³/mol. The van der Waals surface area contributed by atoms with Crippen LogP contribution in [0.4, 0.5) is 11.4 Å². The van der Waals surface area contributed by atoms with E-state index < -0.39 is 5.97 Å². The molecule has 1 saturated carbocycles. The van der Waals surface area contributed by atoms with E-state index in [1.807, 2.05) is 43.3 Å². The Hall–Kier alpha value is -3.57. The monoisotopic (exact) mass is 459 g/mol. The molecule has 0 unspecified atom stereocenters. The predicted octanol–water partition coefficient (Wildman–Crippen LogP) is 6.24. The molecule has 6 heteroatoms. The molecule has 3 aromatic rings. The number of halogens is 1. The average molecular weight is 460 g/mol. The van der Waals surface area contributed by atoms with Crippen LogP contribution in [0, 0.1) is 6.92 Å². The first-order valence-corrected chi connectivity index (χ1v) is 11.1. The normalized spacial score (nSPS) is 16.3. The number of carbonyl (C=O) groups is 2. The van der Waals surface area contributed by atoms with Gasteiger partial charge in [-0.05, 0) is 72.7 Å². The molecule has 0 aromatic heterocycles. The number of aromatic hydroxyl groups is 1. The number of nitrogens with zero attached hydrogens (tertiary/aromatic N) is 1. The van der Waals surface area contributed by atoms with Gasteiger partial charge in [-0.3, -0.25) is 9.69 Å². The van der Waals surface area contributed by atoms with Crippen molar-refractivity contribution in [2.75, 3.05) is 12.0 Å². The Bertz CT molecular complexity index is 1340. The lowest BCUT2D eigenvalue weighted by Crippen LogP contribution is -2.20. The van der Waals surface area contributed by atoms with E-state index in [0.717, 1.165) is 40.8 Å². The topological polar surface area (TPSA) is 66.8 Å². The number of carbonyl (C=O) groups excluding carboxylic acids is 2. The smallest absolute Gasteiger partial charge is 0.341 e. The number of anilines is 2. The third-order valence-corrected chi connectivity index (χ3v) is 6.56. The van der Waals surface area contributed by atoms with Crippen molar-refractivity contribution in [2.24, 2.45) is 0 Å². The van der Waals surface area contributed by atoms with E-state index in [2.05, 4.69) is 6.07 Å². The molecule has 1 aliphatic carbocycles. The fraction of sp³-hybridized carbons (Fsp3) is 0.185. The van der Waals surface area contributed by atoms with E-state index in [1.54, 1.807) is 11.0 Å². The van der Waals surface area contributed by atoms with Gasteiger partial charge in [0.2, 0.25) is 0 Å². The van der Waals surface area contributed by atoms with Crippen molar-refractivity contribution < 1.29 is 19.4 Å². The SMILES string of the molecule is COC(=O)c1ccc(N2C(=O)C(=Cc3c(Cl)cccc3C3CC3)c3c(C)cccc32)cc1O. The van der Waals surface area contributed by atoms with Gasteiger partial charge in [0.1, 0.15) is 11.3 Å². The van der Waals surface area contributed by atoms with Crippen molar-refractivity contribution in [3.05, 3.63) is 87.4 Å². The molecule has 1 amide bonds. The van der Waals surface area contributed by atoms with Crippen LogP contribution in [0.5, 0.6) is 5.75 Å². The van der Waals surface area contributed by atoms with Crippen molar-refractivity contribution in [2.45, 2.75) is 25.7 Å².